The molecule has 0 unspecified atom stereocenters. The molecule has 0 fully saturated rings. The summed E-state index contributed by atoms with van der Waals surface area (Å²) >= 11 is 6.22. The molecule has 4 aromatic carbocycles. The number of hydrogen-bond donors (Lipinski definition) is 2. The highest BCUT2D eigenvalue weighted by molar-refractivity contribution is 6.34. The average molecular weight is 555 g/mol. The first-order valence-electron chi connectivity index (χ1n) is 13.0. The molecule has 2 N–H and O–H groups in total. The van der Waals surface area contributed by atoms with Crippen molar-refractivity contribution in [2.45, 2.75) is 13.8 Å². The summed E-state index contributed by atoms with van der Waals surface area (Å²) in [5.41, 5.74) is 5.34. The van der Waals surface area contributed by atoms with Crippen LogP contribution in [0.3, 0.4) is 0 Å². The summed E-state index contributed by atoms with van der Waals surface area (Å²) in [5.74, 6) is -0.483. The topological polar surface area (TPSA) is 83.0 Å². The van der Waals surface area contributed by atoms with Gasteiger partial charge in [0.2, 0.25) is 0 Å². The molecule has 0 aromatic heterocycles. The highest BCUT2D eigenvalue weighted by Crippen LogP contribution is 2.26. The van der Waals surface area contributed by atoms with Crippen LogP contribution in [0.1, 0.15) is 35.3 Å². The SMILES string of the molecule is CCN(CC)c1ccc(C=C(NC(=O)c2ccccc2Cl)C(=O)NN=Cc2c(OC)ccc3ccccc23)cc1. The molecule has 0 heterocycles. The van der Waals surface area contributed by atoms with Crippen LogP contribution in [0.5, 0.6) is 5.75 Å². The van der Waals surface area contributed by atoms with Gasteiger partial charge in [-0.3, -0.25) is 9.59 Å². The molecule has 2 amide bonds. The predicted octanol–water partition coefficient (Wildman–Crippen LogP) is 6.27. The molecule has 0 saturated heterocycles. The molecular weight excluding hydrogens is 524 g/mol. The highest BCUT2D eigenvalue weighted by atomic mass is 35.5. The van der Waals surface area contributed by atoms with E-state index in [-0.39, 0.29) is 16.3 Å². The number of halogens is 1. The van der Waals surface area contributed by atoms with Crippen molar-refractivity contribution in [3.63, 3.8) is 0 Å². The lowest BCUT2D eigenvalue weighted by Gasteiger charge is -2.21. The van der Waals surface area contributed by atoms with Crippen LogP contribution < -0.4 is 20.4 Å². The lowest BCUT2D eigenvalue weighted by molar-refractivity contribution is -0.117. The Labute approximate surface area is 239 Å². The molecule has 0 aliphatic heterocycles. The van der Waals surface area contributed by atoms with Crippen molar-refractivity contribution in [3.8, 4) is 5.75 Å². The molecule has 204 valence electrons. The Balaban J connectivity index is 1.62. The van der Waals surface area contributed by atoms with E-state index in [2.05, 4.69) is 34.6 Å². The lowest BCUT2D eigenvalue weighted by atomic mass is 10.0. The van der Waals surface area contributed by atoms with Gasteiger partial charge in [0.1, 0.15) is 11.4 Å². The van der Waals surface area contributed by atoms with Gasteiger partial charge in [-0.1, -0.05) is 66.2 Å². The Morgan fingerprint density at radius 3 is 2.33 bits per heavy atom. The smallest absolute Gasteiger partial charge is 0.287 e. The van der Waals surface area contributed by atoms with Gasteiger partial charge in [-0.15, -0.1) is 0 Å². The predicted molar refractivity (Wildman–Crippen MR) is 163 cm³/mol. The fraction of sp³-hybridized carbons (Fsp3) is 0.156. The fourth-order valence-electron chi connectivity index (χ4n) is 4.33. The van der Waals surface area contributed by atoms with Crippen LogP contribution in [0.25, 0.3) is 16.8 Å². The lowest BCUT2D eigenvalue weighted by Crippen LogP contribution is -2.33. The largest absolute Gasteiger partial charge is 0.496 e. The molecule has 0 atom stereocenters. The van der Waals surface area contributed by atoms with Crippen LogP contribution in [-0.4, -0.2) is 38.2 Å². The van der Waals surface area contributed by atoms with Crippen molar-refractivity contribution in [1.29, 1.82) is 0 Å². The van der Waals surface area contributed by atoms with Gasteiger partial charge in [-0.2, -0.15) is 5.10 Å². The standard InChI is InChI=1S/C32H31ClN4O3/c1-4-37(5-2)24-17-14-22(15-18-24)20-29(35-31(38)26-12-8-9-13-28(26)33)32(39)36-34-21-27-25-11-7-6-10-23(25)16-19-30(27)40-3/h6-21H,4-5H2,1-3H3,(H,35,38)(H,36,39). The molecule has 0 saturated carbocycles. The number of anilines is 1. The molecule has 0 bridgehead atoms. The first-order chi connectivity index (χ1) is 19.4. The Kier molecular flexibility index (Phi) is 9.54. The number of hydrazone groups is 1. The molecule has 0 spiro atoms. The van der Waals surface area contributed by atoms with Crippen LogP contribution in [0.4, 0.5) is 5.69 Å². The summed E-state index contributed by atoms with van der Waals surface area (Å²) in [6.07, 6.45) is 3.13. The van der Waals surface area contributed by atoms with E-state index in [1.165, 1.54) is 6.21 Å². The maximum Gasteiger partial charge on any atom is 0.287 e. The number of ether oxygens (including phenoxy) is 1. The van der Waals surface area contributed by atoms with E-state index in [0.717, 1.165) is 40.7 Å². The van der Waals surface area contributed by atoms with Gasteiger partial charge in [0.25, 0.3) is 11.8 Å². The second-order valence-corrected chi connectivity index (χ2v) is 9.26. The zero-order valence-corrected chi connectivity index (χ0v) is 23.4. The van der Waals surface area contributed by atoms with Crippen molar-refractivity contribution in [2.75, 3.05) is 25.1 Å². The quantitative estimate of drug-likeness (QED) is 0.137. The van der Waals surface area contributed by atoms with Crippen LogP contribution in [0.15, 0.2) is 95.7 Å². The maximum atomic E-state index is 13.3. The third-order valence-electron chi connectivity index (χ3n) is 6.45. The van der Waals surface area contributed by atoms with Gasteiger partial charge in [0.15, 0.2) is 0 Å². The molecule has 0 aliphatic rings. The number of nitrogens with zero attached hydrogens (tertiary/aromatic N) is 2. The summed E-state index contributed by atoms with van der Waals surface area (Å²) < 4.78 is 5.50. The number of methoxy groups -OCH3 is 1. The molecule has 4 aromatic rings. The molecular formula is C32H31ClN4O3. The van der Waals surface area contributed by atoms with Gasteiger partial charge in [-0.05, 0) is 66.6 Å². The summed E-state index contributed by atoms with van der Waals surface area (Å²) in [7, 11) is 1.58. The van der Waals surface area contributed by atoms with E-state index < -0.39 is 11.8 Å². The average Bonchev–Trinajstić information content (AvgIpc) is 2.98. The van der Waals surface area contributed by atoms with Gasteiger partial charge < -0.3 is 15.0 Å². The number of fused-ring (bicyclic) bond motifs is 1. The van der Waals surface area contributed by atoms with Gasteiger partial charge in [0.05, 0.1) is 23.9 Å². The van der Waals surface area contributed by atoms with Crippen LogP contribution in [0.2, 0.25) is 5.02 Å². The van der Waals surface area contributed by atoms with Gasteiger partial charge >= 0.3 is 0 Å². The summed E-state index contributed by atoms with van der Waals surface area (Å²) in [5, 5.41) is 9.11. The molecule has 0 radical (unpaired) electrons. The second kappa shape index (κ2) is 13.4. The van der Waals surface area contributed by atoms with Crippen molar-refractivity contribution in [1.82, 2.24) is 10.7 Å². The van der Waals surface area contributed by atoms with Crippen LogP contribution in [-0.2, 0) is 4.79 Å². The number of amides is 2. The minimum atomic E-state index is -0.594. The third-order valence-corrected chi connectivity index (χ3v) is 6.78. The number of carbonyl (C=O) groups is 2. The maximum absolute atomic E-state index is 13.3. The Hall–Kier alpha value is -4.62. The van der Waals surface area contributed by atoms with Crippen molar-refractivity contribution < 1.29 is 14.3 Å². The zero-order valence-electron chi connectivity index (χ0n) is 22.6. The summed E-state index contributed by atoms with van der Waals surface area (Å²) in [6, 6.07) is 26.0. The Bertz CT molecular complexity index is 1560. The minimum absolute atomic E-state index is 0.0162. The number of carbonyl (C=O) groups excluding carboxylic acids is 2. The van der Waals surface area contributed by atoms with E-state index in [1.54, 1.807) is 37.5 Å². The van der Waals surface area contributed by atoms with E-state index in [1.807, 2.05) is 60.7 Å². The van der Waals surface area contributed by atoms with Crippen LogP contribution >= 0.6 is 11.6 Å². The Morgan fingerprint density at radius 1 is 0.925 bits per heavy atom. The highest BCUT2D eigenvalue weighted by Gasteiger charge is 2.17. The van der Waals surface area contributed by atoms with E-state index in [0.29, 0.717) is 5.75 Å². The first kappa shape index (κ1) is 28.4. The van der Waals surface area contributed by atoms with E-state index >= 15 is 0 Å². The normalized spacial score (nSPS) is 11.4. The zero-order chi connectivity index (χ0) is 28.5. The Morgan fingerprint density at radius 2 is 1.62 bits per heavy atom. The molecule has 0 aliphatic carbocycles. The monoisotopic (exact) mass is 554 g/mol. The number of hydrogen-bond acceptors (Lipinski definition) is 5. The van der Waals surface area contributed by atoms with E-state index in [4.69, 9.17) is 16.3 Å². The third kappa shape index (κ3) is 6.68. The summed E-state index contributed by atoms with van der Waals surface area (Å²) in [4.78, 5) is 28.6. The van der Waals surface area contributed by atoms with Crippen molar-refractivity contribution in [3.05, 3.63) is 112 Å². The first-order valence-corrected chi connectivity index (χ1v) is 13.3. The number of nitrogens with one attached hydrogen (secondary N) is 2. The van der Waals surface area contributed by atoms with Crippen LogP contribution in [0, 0.1) is 0 Å². The molecule has 40 heavy (non-hydrogen) atoms. The molecule has 7 nitrogen and oxygen atoms in total. The molecule has 4 rings (SSSR count). The van der Waals surface area contributed by atoms with Gasteiger partial charge in [0, 0.05) is 24.3 Å². The molecule has 8 heteroatoms. The summed E-state index contributed by atoms with van der Waals surface area (Å²) in [6.45, 7) is 5.95. The fourth-order valence-corrected chi connectivity index (χ4v) is 4.55. The van der Waals surface area contributed by atoms with Gasteiger partial charge in [-0.25, -0.2) is 5.43 Å². The van der Waals surface area contributed by atoms with Crippen molar-refractivity contribution >= 4 is 52.2 Å². The van der Waals surface area contributed by atoms with Crippen molar-refractivity contribution in [2.24, 2.45) is 5.10 Å². The van der Waals surface area contributed by atoms with E-state index in [9.17, 15) is 9.59 Å². The minimum Gasteiger partial charge on any atom is -0.496 e. The number of rotatable bonds is 10. The second-order valence-electron chi connectivity index (χ2n) is 8.86. The number of benzene rings is 4.